The fourth-order valence-electron chi connectivity index (χ4n) is 2.17. The second-order valence-corrected chi connectivity index (χ2v) is 3.98. The number of carbonyl (C=O) groups is 1. The van der Waals surface area contributed by atoms with Crippen LogP contribution in [0.5, 0.6) is 0 Å². The minimum atomic E-state index is -0.179. The minimum Gasteiger partial charge on any atom is -0.376 e. The van der Waals surface area contributed by atoms with Crippen LogP contribution in [0.2, 0.25) is 0 Å². The molecule has 0 aromatic carbocycles. The maximum Gasteiger partial charge on any atom is 0.315 e. The van der Waals surface area contributed by atoms with Gasteiger partial charge in [0, 0.05) is 13.7 Å². The molecule has 0 spiro atoms. The van der Waals surface area contributed by atoms with Crippen LogP contribution in [0.15, 0.2) is 0 Å². The standard InChI is InChI=1S/C10H18N2O4/c1-3-11-10(13)12-6-4-15-9-7(14-2)5-16-8(6)9/h6-9H,3-5H2,1-2H3,(H2,11,12,13)/t6-,7+,8+,9+/m0/s1. The molecule has 2 saturated heterocycles. The van der Waals surface area contributed by atoms with Crippen LogP contribution >= 0.6 is 0 Å². The Morgan fingerprint density at radius 2 is 2.12 bits per heavy atom. The highest BCUT2D eigenvalue weighted by molar-refractivity contribution is 5.74. The molecule has 0 aromatic heterocycles. The number of fused-ring (bicyclic) bond motifs is 1. The van der Waals surface area contributed by atoms with Crippen molar-refractivity contribution in [2.45, 2.75) is 31.3 Å². The Morgan fingerprint density at radius 1 is 1.38 bits per heavy atom. The number of ether oxygens (including phenoxy) is 3. The summed E-state index contributed by atoms with van der Waals surface area (Å²) >= 11 is 0. The second-order valence-electron chi connectivity index (χ2n) is 3.98. The highest BCUT2D eigenvalue weighted by Crippen LogP contribution is 2.28. The molecular weight excluding hydrogens is 212 g/mol. The first-order chi connectivity index (χ1) is 7.76. The summed E-state index contributed by atoms with van der Waals surface area (Å²) in [7, 11) is 1.64. The van der Waals surface area contributed by atoms with Crippen LogP contribution in [-0.2, 0) is 14.2 Å². The van der Waals surface area contributed by atoms with Gasteiger partial charge in [0.1, 0.15) is 18.3 Å². The van der Waals surface area contributed by atoms with Gasteiger partial charge in [-0.3, -0.25) is 0 Å². The molecule has 92 valence electrons. The Kier molecular flexibility index (Phi) is 3.63. The highest BCUT2D eigenvalue weighted by atomic mass is 16.6. The Bertz CT molecular complexity index is 261. The predicted molar refractivity (Wildman–Crippen MR) is 56.3 cm³/mol. The summed E-state index contributed by atoms with van der Waals surface area (Å²) in [5.74, 6) is 0. The average molecular weight is 230 g/mol. The van der Waals surface area contributed by atoms with Crippen molar-refractivity contribution in [1.82, 2.24) is 10.6 Å². The summed E-state index contributed by atoms with van der Waals surface area (Å²) in [6, 6.07) is -0.266. The zero-order valence-electron chi connectivity index (χ0n) is 9.56. The van der Waals surface area contributed by atoms with E-state index in [-0.39, 0.29) is 30.4 Å². The van der Waals surface area contributed by atoms with Gasteiger partial charge < -0.3 is 24.8 Å². The van der Waals surface area contributed by atoms with Gasteiger partial charge in [-0.15, -0.1) is 0 Å². The Labute approximate surface area is 94.6 Å². The Balaban J connectivity index is 1.87. The first-order valence-electron chi connectivity index (χ1n) is 5.56. The van der Waals surface area contributed by atoms with Gasteiger partial charge in [0.05, 0.1) is 19.3 Å². The second kappa shape index (κ2) is 4.99. The van der Waals surface area contributed by atoms with E-state index in [4.69, 9.17) is 14.2 Å². The van der Waals surface area contributed by atoms with Crippen molar-refractivity contribution in [3.05, 3.63) is 0 Å². The van der Waals surface area contributed by atoms with Crippen molar-refractivity contribution in [2.24, 2.45) is 0 Å². The molecule has 0 unspecified atom stereocenters. The van der Waals surface area contributed by atoms with E-state index in [1.165, 1.54) is 0 Å². The van der Waals surface area contributed by atoms with Crippen LogP contribution in [0.25, 0.3) is 0 Å². The topological polar surface area (TPSA) is 68.8 Å². The van der Waals surface area contributed by atoms with Crippen molar-refractivity contribution in [2.75, 3.05) is 26.9 Å². The number of urea groups is 1. The van der Waals surface area contributed by atoms with E-state index in [2.05, 4.69) is 10.6 Å². The third-order valence-electron chi connectivity index (χ3n) is 2.96. The number of amides is 2. The molecule has 0 aromatic rings. The lowest BCUT2D eigenvalue weighted by molar-refractivity contribution is -0.00807. The summed E-state index contributed by atoms with van der Waals surface area (Å²) in [6.07, 6.45) is -0.171. The molecular formula is C10H18N2O4. The first-order valence-corrected chi connectivity index (χ1v) is 5.56. The maximum absolute atomic E-state index is 11.4. The third kappa shape index (κ3) is 2.14. The molecule has 2 heterocycles. The van der Waals surface area contributed by atoms with Crippen LogP contribution in [0.4, 0.5) is 4.79 Å². The lowest BCUT2D eigenvalue weighted by atomic mass is 10.1. The summed E-state index contributed by atoms with van der Waals surface area (Å²) in [5.41, 5.74) is 0. The van der Waals surface area contributed by atoms with E-state index in [9.17, 15) is 4.79 Å². The van der Waals surface area contributed by atoms with E-state index in [0.29, 0.717) is 19.8 Å². The molecule has 2 N–H and O–H groups in total. The number of rotatable bonds is 3. The molecule has 0 aliphatic carbocycles. The van der Waals surface area contributed by atoms with Crippen molar-refractivity contribution < 1.29 is 19.0 Å². The van der Waals surface area contributed by atoms with Crippen LogP contribution in [-0.4, -0.2) is 57.3 Å². The summed E-state index contributed by atoms with van der Waals surface area (Å²) < 4.78 is 16.4. The van der Waals surface area contributed by atoms with Crippen LogP contribution in [0.3, 0.4) is 0 Å². The van der Waals surface area contributed by atoms with Crippen LogP contribution in [0.1, 0.15) is 6.92 Å². The molecule has 6 nitrogen and oxygen atoms in total. The lowest BCUT2D eigenvalue weighted by Crippen LogP contribution is -2.48. The van der Waals surface area contributed by atoms with Gasteiger partial charge in [0.2, 0.25) is 0 Å². The van der Waals surface area contributed by atoms with E-state index < -0.39 is 0 Å². The smallest absolute Gasteiger partial charge is 0.315 e. The van der Waals surface area contributed by atoms with Crippen LogP contribution in [0, 0.1) is 0 Å². The van der Waals surface area contributed by atoms with Crippen LogP contribution < -0.4 is 10.6 Å². The quantitative estimate of drug-likeness (QED) is 0.685. The van der Waals surface area contributed by atoms with Gasteiger partial charge in [0.25, 0.3) is 0 Å². The van der Waals surface area contributed by atoms with Gasteiger partial charge in [-0.2, -0.15) is 0 Å². The zero-order chi connectivity index (χ0) is 11.5. The predicted octanol–water partition coefficient (Wildman–Crippen LogP) is -0.513. The van der Waals surface area contributed by atoms with Gasteiger partial charge >= 0.3 is 6.03 Å². The fourth-order valence-corrected chi connectivity index (χ4v) is 2.17. The number of carbonyl (C=O) groups excluding carboxylic acids is 1. The number of hydrogen-bond acceptors (Lipinski definition) is 4. The normalized spacial score (nSPS) is 37.1. The van der Waals surface area contributed by atoms with Crippen molar-refractivity contribution in [3.8, 4) is 0 Å². The van der Waals surface area contributed by atoms with E-state index >= 15 is 0 Å². The molecule has 0 bridgehead atoms. The zero-order valence-corrected chi connectivity index (χ0v) is 9.56. The number of methoxy groups -OCH3 is 1. The highest BCUT2D eigenvalue weighted by Gasteiger charge is 2.48. The minimum absolute atomic E-state index is 0.0222. The van der Waals surface area contributed by atoms with E-state index in [1.54, 1.807) is 7.11 Å². The van der Waals surface area contributed by atoms with Crippen molar-refractivity contribution in [1.29, 1.82) is 0 Å². The molecule has 2 fully saturated rings. The molecule has 4 atom stereocenters. The maximum atomic E-state index is 11.4. The number of hydrogen-bond donors (Lipinski definition) is 2. The van der Waals surface area contributed by atoms with Crippen molar-refractivity contribution in [3.63, 3.8) is 0 Å². The molecule has 6 heteroatoms. The first kappa shape index (κ1) is 11.6. The lowest BCUT2D eigenvalue weighted by Gasteiger charge is -2.17. The van der Waals surface area contributed by atoms with Gasteiger partial charge in [-0.1, -0.05) is 0 Å². The SMILES string of the molecule is CCNC(=O)N[C@H]1CO[C@H]2[C@@H]1OC[C@H]2OC. The summed E-state index contributed by atoms with van der Waals surface area (Å²) in [5, 5.41) is 5.53. The largest absolute Gasteiger partial charge is 0.376 e. The molecule has 2 aliphatic rings. The van der Waals surface area contributed by atoms with Gasteiger partial charge in [-0.25, -0.2) is 4.79 Å². The molecule has 0 radical (unpaired) electrons. The average Bonchev–Trinajstić information content (AvgIpc) is 2.81. The van der Waals surface area contributed by atoms with Gasteiger partial charge in [0.15, 0.2) is 0 Å². The number of nitrogens with one attached hydrogen (secondary N) is 2. The Morgan fingerprint density at radius 3 is 2.81 bits per heavy atom. The molecule has 0 saturated carbocycles. The fraction of sp³-hybridized carbons (Fsp3) is 0.900. The summed E-state index contributed by atoms with van der Waals surface area (Å²) in [4.78, 5) is 11.4. The van der Waals surface area contributed by atoms with E-state index in [0.717, 1.165) is 0 Å². The molecule has 2 amide bonds. The summed E-state index contributed by atoms with van der Waals surface area (Å²) in [6.45, 7) is 3.49. The third-order valence-corrected chi connectivity index (χ3v) is 2.96. The molecule has 2 aliphatic heterocycles. The molecule has 2 rings (SSSR count). The van der Waals surface area contributed by atoms with Gasteiger partial charge in [-0.05, 0) is 6.92 Å². The van der Waals surface area contributed by atoms with E-state index in [1.807, 2.05) is 6.92 Å². The molecule has 16 heavy (non-hydrogen) atoms. The Hall–Kier alpha value is -0.850. The monoisotopic (exact) mass is 230 g/mol. The van der Waals surface area contributed by atoms with Crippen molar-refractivity contribution >= 4 is 6.03 Å².